The van der Waals surface area contributed by atoms with Gasteiger partial charge in [-0.2, -0.15) is 14.4 Å². The Hall–Kier alpha value is -2.35. The van der Waals surface area contributed by atoms with Crippen LogP contribution in [0.3, 0.4) is 0 Å². The summed E-state index contributed by atoms with van der Waals surface area (Å²) in [4.78, 5) is 11.1. The van der Waals surface area contributed by atoms with Crippen LogP contribution in [0.5, 0.6) is 0 Å². The molecular formula is C24H36FN7O4S. The van der Waals surface area contributed by atoms with E-state index in [4.69, 9.17) is 9.47 Å². The van der Waals surface area contributed by atoms with Crippen molar-refractivity contribution in [1.29, 1.82) is 0 Å². The van der Waals surface area contributed by atoms with Gasteiger partial charge in [-0.1, -0.05) is 6.42 Å². The Morgan fingerprint density at radius 1 is 1.27 bits per heavy atom. The molecule has 2 aromatic rings. The molecule has 13 heteroatoms. The van der Waals surface area contributed by atoms with Gasteiger partial charge >= 0.3 is 0 Å². The molecule has 3 aliphatic heterocycles. The minimum Gasteiger partial charge on any atom is -0.379 e. The molecule has 5 rings (SSSR count). The van der Waals surface area contributed by atoms with Crippen molar-refractivity contribution in [2.24, 2.45) is 0 Å². The van der Waals surface area contributed by atoms with Crippen LogP contribution >= 0.6 is 0 Å². The number of aryl methyl sites for hydroxylation is 1. The highest BCUT2D eigenvalue weighted by Gasteiger charge is 2.45. The Balaban J connectivity index is 1.41. The topological polar surface area (TPSA) is 126 Å². The Morgan fingerprint density at radius 3 is 2.65 bits per heavy atom. The van der Waals surface area contributed by atoms with Crippen molar-refractivity contribution < 1.29 is 22.3 Å². The third kappa shape index (κ3) is 5.59. The lowest BCUT2D eigenvalue weighted by atomic mass is 9.83. The summed E-state index contributed by atoms with van der Waals surface area (Å²) in [6, 6.07) is 1.71. The van der Waals surface area contributed by atoms with Crippen molar-refractivity contribution in [3.8, 4) is 0 Å². The van der Waals surface area contributed by atoms with Gasteiger partial charge in [-0.15, -0.1) is 0 Å². The van der Waals surface area contributed by atoms with E-state index in [9.17, 15) is 8.42 Å². The standard InChI is InChI=1S/C24H36FN7O4S/c1-4-37(33,34)32-16-6-5-7-17(32)12-18(11-16)31(3)24-26-20(14-36-19-8-9-35-13-19)22(25)23(28-24)27-21-10-15(2)29-30-21/h10,16-19H,4-9,11-14H2,1-3H3,(H2,26,27,28,29,30)/t16-,17+,18+,19-/m0/s1. The number of nitrogens with zero attached hydrogens (tertiary/aromatic N) is 5. The second-order valence-electron chi connectivity index (χ2n) is 10.2. The van der Waals surface area contributed by atoms with Crippen molar-refractivity contribution in [2.75, 3.05) is 36.2 Å². The lowest BCUT2D eigenvalue weighted by Gasteiger charge is -2.49. The number of piperidine rings is 2. The molecule has 0 amide bonds. The number of aromatic amines is 1. The molecule has 0 saturated carbocycles. The number of anilines is 3. The Labute approximate surface area is 217 Å². The van der Waals surface area contributed by atoms with E-state index in [2.05, 4.69) is 25.5 Å². The summed E-state index contributed by atoms with van der Waals surface area (Å²) in [5.74, 6) is 0.367. The molecular weight excluding hydrogens is 501 g/mol. The maximum Gasteiger partial charge on any atom is 0.227 e. The van der Waals surface area contributed by atoms with Gasteiger partial charge in [0.2, 0.25) is 16.0 Å². The van der Waals surface area contributed by atoms with Gasteiger partial charge < -0.3 is 19.7 Å². The number of aromatic nitrogens is 4. The zero-order chi connectivity index (χ0) is 26.2. The van der Waals surface area contributed by atoms with E-state index in [0.29, 0.717) is 37.8 Å². The van der Waals surface area contributed by atoms with Gasteiger partial charge in [-0.05, 0) is 46.0 Å². The number of halogens is 1. The molecule has 0 spiro atoms. The SMILES string of the molecule is CCS(=O)(=O)N1[C@@H]2CCC[C@H]1C[C@@H](N(C)c1nc(CO[C@H]3CCOC3)c(F)c(Nc3cc(C)[nH]n3)n1)C2. The molecule has 2 bridgehead atoms. The van der Waals surface area contributed by atoms with Gasteiger partial charge in [0, 0.05) is 43.5 Å². The molecule has 3 aliphatic rings. The largest absolute Gasteiger partial charge is 0.379 e. The van der Waals surface area contributed by atoms with Gasteiger partial charge in [-0.3, -0.25) is 5.10 Å². The number of fused-ring (bicyclic) bond motifs is 2. The molecule has 4 atom stereocenters. The lowest BCUT2D eigenvalue weighted by molar-refractivity contribution is 0.0287. The first-order valence-corrected chi connectivity index (χ1v) is 14.6. The summed E-state index contributed by atoms with van der Waals surface area (Å²) < 4.78 is 54.1. The molecule has 11 nitrogen and oxygen atoms in total. The number of hydrogen-bond donors (Lipinski definition) is 2. The predicted octanol–water partition coefficient (Wildman–Crippen LogP) is 2.87. The van der Waals surface area contributed by atoms with Gasteiger partial charge in [-0.25, -0.2) is 17.8 Å². The predicted molar refractivity (Wildman–Crippen MR) is 137 cm³/mol. The zero-order valence-corrected chi connectivity index (χ0v) is 22.4. The lowest BCUT2D eigenvalue weighted by Crippen LogP contribution is -2.58. The molecule has 5 heterocycles. The highest BCUT2D eigenvalue weighted by molar-refractivity contribution is 7.89. The third-order valence-electron chi connectivity index (χ3n) is 7.64. The summed E-state index contributed by atoms with van der Waals surface area (Å²) in [5, 5.41) is 9.95. The number of rotatable bonds is 9. The molecule has 3 fully saturated rings. The third-order valence-corrected chi connectivity index (χ3v) is 9.60. The minimum atomic E-state index is -3.27. The number of sulfonamides is 1. The molecule has 204 valence electrons. The fourth-order valence-corrected chi connectivity index (χ4v) is 7.24. The van der Waals surface area contributed by atoms with Gasteiger partial charge in [0.05, 0.1) is 25.1 Å². The molecule has 3 saturated heterocycles. The van der Waals surface area contributed by atoms with Crippen molar-refractivity contribution in [3.05, 3.63) is 23.3 Å². The summed E-state index contributed by atoms with van der Waals surface area (Å²) >= 11 is 0. The van der Waals surface area contributed by atoms with Gasteiger partial charge in [0.25, 0.3) is 0 Å². The van der Waals surface area contributed by atoms with Crippen LogP contribution in [-0.2, 0) is 26.1 Å². The molecule has 0 unspecified atom stereocenters. The smallest absolute Gasteiger partial charge is 0.227 e. The maximum absolute atomic E-state index is 15.5. The van der Waals surface area contributed by atoms with Crippen LogP contribution in [0.4, 0.5) is 22.0 Å². The number of ether oxygens (including phenoxy) is 2. The van der Waals surface area contributed by atoms with Crippen LogP contribution < -0.4 is 10.2 Å². The van der Waals surface area contributed by atoms with E-state index in [-0.39, 0.29) is 48.1 Å². The summed E-state index contributed by atoms with van der Waals surface area (Å²) in [6.45, 7) is 4.67. The van der Waals surface area contributed by atoms with E-state index in [0.717, 1.165) is 31.4 Å². The second kappa shape index (κ2) is 10.8. The Morgan fingerprint density at radius 2 is 2.03 bits per heavy atom. The monoisotopic (exact) mass is 537 g/mol. The second-order valence-corrected chi connectivity index (χ2v) is 12.4. The van der Waals surface area contributed by atoms with Crippen LogP contribution in [0.15, 0.2) is 6.07 Å². The first-order chi connectivity index (χ1) is 17.7. The Bertz CT molecular complexity index is 1190. The van der Waals surface area contributed by atoms with E-state index in [1.54, 1.807) is 17.3 Å². The van der Waals surface area contributed by atoms with Gasteiger partial charge in [0.1, 0.15) is 5.69 Å². The first-order valence-electron chi connectivity index (χ1n) is 13.0. The van der Waals surface area contributed by atoms with Gasteiger partial charge in [0.15, 0.2) is 17.5 Å². The van der Waals surface area contributed by atoms with Crippen molar-refractivity contribution in [2.45, 2.75) is 83.2 Å². The quantitative estimate of drug-likeness (QED) is 0.497. The molecule has 0 aliphatic carbocycles. The van der Waals surface area contributed by atoms with E-state index >= 15 is 4.39 Å². The molecule has 37 heavy (non-hydrogen) atoms. The Kier molecular flexibility index (Phi) is 7.66. The highest BCUT2D eigenvalue weighted by Crippen LogP contribution is 2.38. The van der Waals surface area contributed by atoms with Crippen LogP contribution in [-0.4, -0.2) is 83.1 Å². The van der Waals surface area contributed by atoms with Crippen LogP contribution in [0.1, 0.15) is 56.8 Å². The van der Waals surface area contributed by atoms with Crippen molar-refractivity contribution in [1.82, 2.24) is 24.5 Å². The van der Waals surface area contributed by atoms with Crippen LogP contribution in [0, 0.1) is 12.7 Å². The number of H-pyrrole nitrogens is 1. The minimum absolute atomic E-state index is 0.00404. The first kappa shape index (κ1) is 26.3. The fourth-order valence-electron chi connectivity index (χ4n) is 5.65. The van der Waals surface area contributed by atoms with E-state index in [1.165, 1.54) is 0 Å². The molecule has 2 N–H and O–H groups in total. The van der Waals surface area contributed by atoms with Crippen LogP contribution in [0.2, 0.25) is 0 Å². The van der Waals surface area contributed by atoms with Crippen LogP contribution in [0.25, 0.3) is 0 Å². The van der Waals surface area contributed by atoms with Crippen molar-refractivity contribution in [3.63, 3.8) is 0 Å². The number of nitrogens with one attached hydrogen (secondary N) is 2. The molecule has 0 aromatic carbocycles. The average Bonchev–Trinajstić information content (AvgIpc) is 3.54. The summed E-state index contributed by atoms with van der Waals surface area (Å²) in [6.07, 6.45) is 4.75. The molecule has 0 radical (unpaired) electrons. The number of hydrogen-bond acceptors (Lipinski definition) is 9. The molecule has 2 aromatic heterocycles. The maximum atomic E-state index is 15.5. The average molecular weight is 538 g/mol. The van der Waals surface area contributed by atoms with E-state index < -0.39 is 15.8 Å². The summed E-state index contributed by atoms with van der Waals surface area (Å²) in [7, 11) is -1.38. The zero-order valence-electron chi connectivity index (χ0n) is 21.6. The normalized spacial score (nSPS) is 26.4. The fraction of sp³-hybridized carbons (Fsp3) is 0.708. The van der Waals surface area contributed by atoms with Crippen molar-refractivity contribution >= 4 is 27.6 Å². The van der Waals surface area contributed by atoms with E-state index in [1.807, 2.05) is 18.9 Å². The highest BCUT2D eigenvalue weighted by atomic mass is 32.2. The summed E-state index contributed by atoms with van der Waals surface area (Å²) in [5.41, 5.74) is 0.990.